The van der Waals surface area contributed by atoms with Gasteiger partial charge in [0.2, 0.25) is 0 Å². The Bertz CT molecular complexity index is 724. The van der Waals surface area contributed by atoms with E-state index in [1.54, 1.807) is 30.3 Å². The van der Waals surface area contributed by atoms with E-state index in [4.69, 9.17) is 16.3 Å². The largest absolute Gasteiger partial charge is 0.497 e. The third-order valence-electron chi connectivity index (χ3n) is 2.54. The van der Waals surface area contributed by atoms with Crippen molar-refractivity contribution in [1.29, 1.82) is 0 Å². The van der Waals surface area contributed by atoms with Gasteiger partial charge >= 0.3 is 0 Å². The van der Waals surface area contributed by atoms with E-state index in [2.05, 4.69) is 4.98 Å². The van der Waals surface area contributed by atoms with Gasteiger partial charge in [0, 0.05) is 5.41 Å². The molecule has 1 aromatic heterocycles. The predicted molar refractivity (Wildman–Crippen MR) is 78.5 cm³/mol. The summed E-state index contributed by atoms with van der Waals surface area (Å²) in [7, 11) is -1.99. The molecule has 6 heteroatoms. The molecule has 0 saturated heterocycles. The zero-order chi connectivity index (χ0) is 14.6. The number of pyridine rings is 1. The lowest BCUT2D eigenvalue weighted by molar-refractivity contribution is 0.414. The van der Waals surface area contributed by atoms with E-state index < -0.39 is 9.84 Å². The Hall–Kier alpha value is -1.85. The first-order chi connectivity index (χ1) is 9.51. The lowest BCUT2D eigenvalue weighted by atomic mass is 10.3. The SMILES string of the molecule is COc1ccc(S(=O)(=O)/C=C/c2cccc(Cl)n2)cc1. The molecule has 0 fully saturated rings. The monoisotopic (exact) mass is 309 g/mol. The standard InChI is InChI=1S/C14H12ClNO3S/c1-19-12-5-7-13(8-6-12)20(17,18)10-9-11-3-2-4-14(15)16-11/h2-10H,1H3/b10-9+. The molecule has 20 heavy (non-hydrogen) atoms. The highest BCUT2D eigenvalue weighted by atomic mass is 35.5. The average molecular weight is 310 g/mol. The van der Waals surface area contributed by atoms with E-state index in [1.807, 2.05) is 0 Å². The first-order valence-electron chi connectivity index (χ1n) is 5.71. The minimum atomic E-state index is -3.52. The van der Waals surface area contributed by atoms with Crippen molar-refractivity contribution in [2.24, 2.45) is 0 Å². The van der Waals surface area contributed by atoms with Gasteiger partial charge in [-0.15, -0.1) is 0 Å². The van der Waals surface area contributed by atoms with Crippen molar-refractivity contribution in [3.05, 3.63) is 58.7 Å². The van der Waals surface area contributed by atoms with Gasteiger partial charge in [-0.25, -0.2) is 13.4 Å². The quantitative estimate of drug-likeness (QED) is 0.814. The van der Waals surface area contributed by atoms with Gasteiger partial charge in [-0.05, 0) is 42.5 Å². The minimum absolute atomic E-state index is 0.191. The average Bonchev–Trinajstić information content (AvgIpc) is 2.45. The van der Waals surface area contributed by atoms with Crippen molar-refractivity contribution in [3.63, 3.8) is 0 Å². The Kier molecular flexibility index (Phi) is 4.42. The van der Waals surface area contributed by atoms with Crippen molar-refractivity contribution in [2.45, 2.75) is 4.90 Å². The van der Waals surface area contributed by atoms with Gasteiger partial charge in [0.1, 0.15) is 10.9 Å². The highest BCUT2D eigenvalue weighted by Gasteiger charge is 2.10. The maximum atomic E-state index is 12.1. The summed E-state index contributed by atoms with van der Waals surface area (Å²) in [6.45, 7) is 0. The second-order valence-corrected chi connectivity index (χ2v) is 6.13. The van der Waals surface area contributed by atoms with Gasteiger partial charge in [-0.1, -0.05) is 17.7 Å². The Morgan fingerprint density at radius 2 is 1.85 bits per heavy atom. The van der Waals surface area contributed by atoms with E-state index in [0.717, 1.165) is 5.41 Å². The third-order valence-corrected chi connectivity index (χ3v) is 4.18. The van der Waals surface area contributed by atoms with Gasteiger partial charge in [-0.3, -0.25) is 0 Å². The second kappa shape index (κ2) is 6.07. The second-order valence-electron chi connectivity index (χ2n) is 3.91. The summed E-state index contributed by atoms with van der Waals surface area (Å²) in [5.41, 5.74) is 0.481. The number of nitrogens with zero attached hydrogens (tertiary/aromatic N) is 1. The lowest BCUT2D eigenvalue weighted by Gasteiger charge is -2.02. The molecule has 104 valence electrons. The number of hydrogen-bond acceptors (Lipinski definition) is 4. The zero-order valence-electron chi connectivity index (χ0n) is 10.7. The van der Waals surface area contributed by atoms with Crippen LogP contribution in [0.5, 0.6) is 5.75 Å². The molecule has 0 aliphatic heterocycles. The summed E-state index contributed by atoms with van der Waals surface area (Å²) in [6, 6.07) is 11.2. The molecular formula is C14H12ClNO3S. The molecule has 0 amide bonds. The highest BCUT2D eigenvalue weighted by Crippen LogP contribution is 2.18. The number of aromatic nitrogens is 1. The van der Waals surface area contributed by atoms with Crippen LogP contribution in [0.2, 0.25) is 5.15 Å². The van der Waals surface area contributed by atoms with E-state index >= 15 is 0 Å². The van der Waals surface area contributed by atoms with Crippen molar-refractivity contribution in [1.82, 2.24) is 4.98 Å². The van der Waals surface area contributed by atoms with Crippen LogP contribution >= 0.6 is 11.6 Å². The van der Waals surface area contributed by atoms with Crippen LogP contribution in [0.25, 0.3) is 6.08 Å². The normalized spacial score (nSPS) is 11.7. The smallest absolute Gasteiger partial charge is 0.199 e. The predicted octanol–water partition coefficient (Wildman–Crippen LogP) is 3.19. The molecule has 0 radical (unpaired) electrons. The van der Waals surface area contributed by atoms with Gasteiger partial charge in [-0.2, -0.15) is 0 Å². The number of benzene rings is 1. The van der Waals surface area contributed by atoms with Crippen LogP contribution in [0.3, 0.4) is 0 Å². The molecule has 0 saturated carbocycles. The van der Waals surface area contributed by atoms with Crippen LogP contribution in [0.1, 0.15) is 5.69 Å². The van der Waals surface area contributed by atoms with Crippen molar-refractivity contribution < 1.29 is 13.2 Å². The fraction of sp³-hybridized carbons (Fsp3) is 0.0714. The van der Waals surface area contributed by atoms with Crippen LogP contribution in [-0.2, 0) is 9.84 Å². The summed E-state index contributed by atoms with van der Waals surface area (Å²) in [4.78, 5) is 4.18. The van der Waals surface area contributed by atoms with Gasteiger partial charge in [0.05, 0.1) is 17.7 Å². The molecule has 0 atom stereocenters. The van der Waals surface area contributed by atoms with Crippen LogP contribution in [0.4, 0.5) is 0 Å². The molecule has 4 nitrogen and oxygen atoms in total. The molecular weight excluding hydrogens is 298 g/mol. The van der Waals surface area contributed by atoms with Crippen LogP contribution in [0.15, 0.2) is 52.8 Å². The first-order valence-corrected chi connectivity index (χ1v) is 7.63. The summed E-state index contributed by atoms with van der Waals surface area (Å²) < 4.78 is 29.2. The summed E-state index contributed by atoms with van der Waals surface area (Å²) in [5.74, 6) is 0.601. The molecule has 2 rings (SSSR count). The molecule has 0 aliphatic rings. The summed E-state index contributed by atoms with van der Waals surface area (Å²) in [6.07, 6.45) is 1.41. The fourth-order valence-corrected chi connectivity index (χ4v) is 2.68. The number of halogens is 1. The fourth-order valence-electron chi connectivity index (χ4n) is 1.52. The Morgan fingerprint density at radius 3 is 2.45 bits per heavy atom. The molecule has 0 bridgehead atoms. The summed E-state index contributed by atoms with van der Waals surface area (Å²) in [5, 5.41) is 1.42. The van der Waals surface area contributed by atoms with Gasteiger partial charge < -0.3 is 4.74 Å². The Labute approximate surface area is 122 Å². The molecule has 2 aromatic rings. The molecule has 0 spiro atoms. The molecule has 0 aliphatic carbocycles. The number of rotatable bonds is 4. The van der Waals surface area contributed by atoms with E-state index in [-0.39, 0.29) is 4.90 Å². The van der Waals surface area contributed by atoms with Crippen LogP contribution in [-0.4, -0.2) is 20.5 Å². The van der Waals surface area contributed by atoms with Gasteiger partial charge in [0.25, 0.3) is 0 Å². The van der Waals surface area contributed by atoms with E-state index in [1.165, 1.54) is 25.3 Å². The number of sulfone groups is 1. The van der Waals surface area contributed by atoms with Crippen LogP contribution in [0, 0.1) is 0 Å². The molecule has 0 unspecified atom stereocenters. The Balaban J connectivity index is 2.26. The summed E-state index contributed by atoms with van der Waals surface area (Å²) >= 11 is 5.74. The van der Waals surface area contributed by atoms with Crippen molar-refractivity contribution >= 4 is 27.5 Å². The van der Waals surface area contributed by atoms with Crippen LogP contribution < -0.4 is 4.74 Å². The van der Waals surface area contributed by atoms with E-state index in [0.29, 0.717) is 16.6 Å². The zero-order valence-corrected chi connectivity index (χ0v) is 12.2. The highest BCUT2D eigenvalue weighted by molar-refractivity contribution is 7.94. The number of methoxy groups -OCH3 is 1. The first kappa shape index (κ1) is 14.6. The molecule has 0 N–H and O–H groups in total. The maximum absolute atomic E-state index is 12.1. The maximum Gasteiger partial charge on any atom is 0.199 e. The Morgan fingerprint density at radius 1 is 1.15 bits per heavy atom. The van der Waals surface area contributed by atoms with E-state index in [9.17, 15) is 8.42 Å². The minimum Gasteiger partial charge on any atom is -0.497 e. The van der Waals surface area contributed by atoms with Crippen molar-refractivity contribution in [2.75, 3.05) is 7.11 Å². The number of ether oxygens (including phenoxy) is 1. The molecule has 1 heterocycles. The van der Waals surface area contributed by atoms with Gasteiger partial charge in [0.15, 0.2) is 9.84 Å². The number of hydrogen-bond donors (Lipinski definition) is 0. The lowest BCUT2D eigenvalue weighted by Crippen LogP contribution is -1.96. The molecule has 1 aromatic carbocycles. The van der Waals surface area contributed by atoms with Crippen molar-refractivity contribution in [3.8, 4) is 5.75 Å². The topological polar surface area (TPSA) is 56.3 Å². The third kappa shape index (κ3) is 3.59.